The van der Waals surface area contributed by atoms with E-state index >= 15 is 0 Å². The zero-order chi connectivity index (χ0) is 22.7. The zero-order valence-electron chi connectivity index (χ0n) is 20.5. The highest BCUT2D eigenvalue weighted by Gasteiger charge is 2.35. The molecule has 1 rings (SSSR count). The zero-order valence-corrected chi connectivity index (χ0v) is 20.5. The molecule has 0 aromatic heterocycles. The summed E-state index contributed by atoms with van der Waals surface area (Å²) in [5, 5.41) is 0. The molecule has 4 nitrogen and oxygen atoms in total. The van der Waals surface area contributed by atoms with Gasteiger partial charge in [-0.15, -0.1) is 0 Å². The first-order chi connectivity index (χ1) is 15.1. The van der Waals surface area contributed by atoms with E-state index in [1.165, 1.54) is 57.8 Å². The average molecular weight is 437 g/mol. The third-order valence-electron chi connectivity index (χ3n) is 6.16. The highest BCUT2D eigenvalue weighted by atomic mass is 16.5. The van der Waals surface area contributed by atoms with Crippen molar-refractivity contribution < 1.29 is 19.1 Å². The molecule has 0 N–H and O–H groups in total. The summed E-state index contributed by atoms with van der Waals surface area (Å²) in [5.74, 6) is -0.628. The van der Waals surface area contributed by atoms with E-state index < -0.39 is 11.8 Å². The molecule has 31 heavy (non-hydrogen) atoms. The average Bonchev–Trinajstić information content (AvgIpc) is 2.76. The fourth-order valence-corrected chi connectivity index (χ4v) is 4.13. The summed E-state index contributed by atoms with van der Waals surface area (Å²) >= 11 is 0. The Morgan fingerprint density at radius 3 is 1.97 bits per heavy atom. The molecule has 0 heterocycles. The number of esters is 2. The summed E-state index contributed by atoms with van der Waals surface area (Å²) in [6.45, 7) is 7.64. The van der Waals surface area contributed by atoms with Gasteiger partial charge in [0.15, 0.2) is 0 Å². The maximum absolute atomic E-state index is 12.6. The van der Waals surface area contributed by atoms with Gasteiger partial charge >= 0.3 is 11.9 Å². The van der Waals surface area contributed by atoms with Crippen LogP contribution in [-0.4, -0.2) is 25.2 Å². The number of rotatable bonds is 18. The Labute approximate surface area is 191 Å². The number of ether oxygens (including phenoxy) is 2. The van der Waals surface area contributed by atoms with Gasteiger partial charge in [-0.25, -0.2) is 0 Å². The van der Waals surface area contributed by atoms with Crippen LogP contribution in [0.25, 0.3) is 0 Å². The van der Waals surface area contributed by atoms with Gasteiger partial charge in [-0.1, -0.05) is 104 Å². The second kappa shape index (κ2) is 18.3. The van der Waals surface area contributed by atoms with Crippen molar-refractivity contribution in [3.8, 4) is 0 Å². The molecule has 1 aliphatic carbocycles. The molecule has 0 saturated carbocycles. The molecule has 0 bridgehead atoms. The number of allylic oxidation sites excluding steroid dienone is 1. The lowest BCUT2D eigenvalue weighted by Crippen LogP contribution is -2.33. The first-order valence-electron chi connectivity index (χ1n) is 13.1. The van der Waals surface area contributed by atoms with Crippen molar-refractivity contribution in [1.82, 2.24) is 0 Å². The van der Waals surface area contributed by atoms with E-state index in [1.54, 1.807) is 0 Å². The van der Waals surface area contributed by atoms with Crippen LogP contribution in [0.2, 0.25) is 0 Å². The molecular weight excluding hydrogens is 388 g/mol. The van der Waals surface area contributed by atoms with Gasteiger partial charge in [0.2, 0.25) is 0 Å². The Morgan fingerprint density at radius 1 is 0.806 bits per heavy atom. The highest BCUT2D eigenvalue weighted by molar-refractivity contribution is 5.83. The molecule has 1 aliphatic rings. The largest absolute Gasteiger partial charge is 0.465 e. The molecule has 0 saturated heterocycles. The van der Waals surface area contributed by atoms with Crippen LogP contribution >= 0.6 is 0 Å². The summed E-state index contributed by atoms with van der Waals surface area (Å²) in [6.07, 6.45) is 20.7. The van der Waals surface area contributed by atoms with Gasteiger partial charge in [0, 0.05) is 0 Å². The molecular formula is C27H48O4. The Morgan fingerprint density at radius 2 is 1.35 bits per heavy atom. The smallest absolute Gasteiger partial charge is 0.313 e. The monoisotopic (exact) mass is 436 g/mol. The van der Waals surface area contributed by atoms with Gasteiger partial charge in [-0.2, -0.15) is 0 Å². The second-order valence-corrected chi connectivity index (χ2v) is 9.54. The SMILES string of the molecule is CCCCCCCCCCOC(=O)C1CCC=CC1C(=O)OCCCCCCC(C)C. The van der Waals surface area contributed by atoms with Crippen LogP contribution in [0.5, 0.6) is 0 Å². The summed E-state index contributed by atoms with van der Waals surface area (Å²) in [7, 11) is 0. The molecule has 0 aromatic rings. The summed E-state index contributed by atoms with van der Waals surface area (Å²) in [4.78, 5) is 25.1. The molecule has 2 atom stereocenters. The van der Waals surface area contributed by atoms with Crippen molar-refractivity contribution in [3.63, 3.8) is 0 Å². The Hall–Kier alpha value is -1.32. The van der Waals surface area contributed by atoms with E-state index in [9.17, 15) is 9.59 Å². The molecule has 0 amide bonds. The lowest BCUT2D eigenvalue weighted by atomic mass is 9.84. The number of carbonyl (C=O) groups is 2. The topological polar surface area (TPSA) is 52.6 Å². The van der Waals surface area contributed by atoms with Crippen LogP contribution in [0.1, 0.15) is 117 Å². The Balaban J connectivity index is 2.19. The van der Waals surface area contributed by atoms with Crippen LogP contribution in [0, 0.1) is 17.8 Å². The lowest BCUT2D eigenvalue weighted by Gasteiger charge is -2.24. The van der Waals surface area contributed by atoms with Gasteiger partial charge in [-0.05, 0) is 31.6 Å². The Kier molecular flexibility index (Phi) is 16.3. The summed E-state index contributed by atoms with van der Waals surface area (Å²) in [6, 6.07) is 0. The van der Waals surface area contributed by atoms with Gasteiger partial charge in [-0.3, -0.25) is 9.59 Å². The maximum Gasteiger partial charge on any atom is 0.313 e. The van der Waals surface area contributed by atoms with Gasteiger partial charge < -0.3 is 9.47 Å². The van der Waals surface area contributed by atoms with Crippen LogP contribution < -0.4 is 0 Å². The first-order valence-corrected chi connectivity index (χ1v) is 13.1. The van der Waals surface area contributed by atoms with Gasteiger partial charge in [0.1, 0.15) is 0 Å². The quantitative estimate of drug-likeness (QED) is 0.128. The molecule has 4 heteroatoms. The number of unbranched alkanes of at least 4 members (excludes halogenated alkanes) is 10. The third kappa shape index (κ3) is 13.6. The number of hydrogen-bond acceptors (Lipinski definition) is 4. The lowest BCUT2D eigenvalue weighted by molar-refractivity contribution is -0.159. The second-order valence-electron chi connectivity index (χ2n) is 9.54. The third-order valence-corrected chi connectivity index (χ3v) is 6.16. The van der Waals surface area contributed by atoms with E-state index in [4.69, 9.17) is 9.47 Å². The maximum atomic E-state index is 12.6. The van der Waals surface area contributed by atoms with Crippen molar-refractivity contribution in [3.05, 3.63) is 12.2 Å². The van der Waals surface area contributed by atoms with E-state index in [2.05, 4.69) is 20.8 Å². The van der Waals surface area contributed by atoms with Crippen molar-refractivity contribution >= 4 is 11.9 Å². The van der Waals surface area contributed by atoms with E-state index in [1.807, 2.05) is 12.2 Å². The summed E-state index contributed by atoms with van der Waals surface area (Å²) < 4.78 is 11.0. The fraction of sp³-hybridized carbons (Fsp3) is 0.852. The predicted octanol–water partition coefficient (Wildman–Crippen LogP) is 7.40. The van der Waals surface area contributed by atoms with Crippen LogP contribution in [-0.2, 0) is 19.1 Å². The van der Waals surface area contributed by atoms with E-state index in [0.717, 1.165) is 38.0 Å². The van der Waals surface area contributed by atoms with Crippen LogP contribution in [0.15, 0.2) is 12.2 Å². The number of carbonyl (C=O) groups excluding carboxylic acids is 2. The molecule has 180 valence electrons. The molecule has 0 spiro atoms. The molecule has 0 radical (unpaired) electrons. The fourth-order valence-electron chi connectivity index (χ4n) is 4.13. The summed E-state index contributed by atoms with van der Waals surface area (Å²) in [5.41, 5.74) is 0. The molecule has 0 fully saturated rings. The molecule has 0 aromatic carbocycles. The van der Waals surface area contributed by atoms with E-state index in [-0.39, 0.29) is 11.9 Å². The first kappa shape index (κ1) is 27.7. The van der Waals surface area contributed by atoms with E-state index in [0.29, 0.717) is 19.6 Å². The van der Waals surface area contributed by atoms with Crippen molar-refractivity contribution in [2.45, 2.75) is 117 Å². The van der Waals surface area contributed by atoms with Gasteiger partial charge in [0.05, 0.1) is 25.0 Å². The molecule has 0 aliphatic heterocycles. The minimum atomic E-state index is -0.485. The van der Waals surface area contributed by atoms with Crippen LogP contribution in [0.4, 0.5) is 0 Å². The van der Waals surface area contributed by atoms with Crippen molar-refractivity contribution in [2.75, 3.05) is 13.2 Å². The standard InChI is InChI=1S/C27H48O4/c1-4-5-6-7-8-9-11-16-21-30-26(28)24-19-14-15-20-25(24)27(29)31-22-17-12-10-13-18-23(2)3/h15,20,23-25H,4-14,16-19,21-22H2,1-3H3. The van der Waals surface area contributed by atoms with Crippen molar-refractivity contribution in [1.29, 1.82) is 0 Å². The van der Waals surface area contributed by atoms with Crippen molar-refractivity contribution in [2.24, 2.45) is 17.8 Å². The predicted molar refractivity (Wildman–Crippen MR) is 128 cm³/mol. The van der Waals surface area contributed by atoms with Crippen LogP contribution in [0.3, 0.4) is 0 Å². The Bertz CT molecular complexity index is 497. The minimum absolute atomic E-state index is 0.233. The highest BCUT2D eigenvalue weighted by Crippen LogP contribution is 2.27. The van der Waals surface area contributed by atoms with Gasteiger partial charge in [0.25, 0.3) is 0 Å². The molecule has 2 unspecified atom stereocenters. The number of hydrogen-bond donors (Lipinski definition) is 0. The minimum Gasteiger partial charge on any atom is -0.465 e. The normalized spacial score (nSPS) is 18.3.